The summed E-state index contributed by atoms with van der Waals surface area (Å²) in [4.78, 5) is 0. The molecule has 0 amide bonds. The zero-order valence-corrected chi connectivity index (χ0v) is 4.72. The molecule has 0 N–H and O–H groups in total. The third-order valence-electron chi connectivity index (χ3n) is 0.968. The van der Waals surface area contributed by atoms with E-state index in [-0.39, 0.29) is 0 Å². The molecule has 0 aromatic carbocycles. The molecule has 1 rings (SSSR count). The van der Waals surface area contributed by atoms with Crippen LogP contribution in [0.4, 0.5) is 0 Å². The molecule has 0 bridgehead atoms. The van der Waals surface area contributed by atoms with Crippen molar-refractivity contribution in [3.63, 3.8) is 0 Å². The molecular weight excluding hydrogens is 90.1 g/mol. The van der Waals surface area contributed by atoms with Gasteiger partial charge >= 0.3 is 0 Å². The maximum Gasteiger partial charge on any atom is 0.227 e. The first-order valence-corrected chi connectivity index (χ1v) is 2.33. The van der Waals surface area contributed by atoms with Crippen LogP contribution >= 0.6 is 0 Å². The lowest BCUT2D eigenvalue weighted by Gasteiger charge is -2.16. The number of ether oxygens (including phenoxy) is 1. The minimum absolute atomic E-state index is 0.778. The second kappa shape index (κ2) is 1.23. The molecule has 2 nitrogen and oxygen atoms in total. The van der Waals surface area contributed by atoms with Gasteiger partial charge in [-0.25, -0.2) is 0 Å². The fraction of sp³-hybridized carbons (Fsp3) is 0.600. The van der Waals surface area contributed by atoms with Gasteiger partial charge in [-0.2, -0.15) is 0 Å². The van der Waals surface area contributed by atoms with Crippen molar-refractivity contribution in [2.75, 3.05) is 20.8 Å². The molecule has 0 saturated carbocycles. The summed E-state index contributed by atoms with van der Waals surface area (Å²) in [5, 5.41) is 0. The SMILES string of the molecule is C[N+]1(C)C=COC1. The van der Waals surface area contributed by atoms with E-state index in [0.29, 0.717) is 0 Å². The van der Waals surface area contributed by atoms with Gasteiger partial charge in [-0.05, 0) is 0 Å². The Morgan fingerprint density at radius 3 is 2.43 bits per heavy atom. The lowest BCUT2D eigenvalue weighted by Crippen LogP contribution is -2.30. The molecule has 0 atom stereocenters. The highest BCUT2D eigenvalue weighted by Crippen LogP contribution is 2.05. The van der Waals surface area contributed by atoms with E-state index in [4.69, 9.17) is 4.74 Å². The molecule has 0 aromatic heterocycles. The quantitative estimate of drug-likeness (QED) is 0.403. The lowest BCUT2D eigenvalue weighted by atomic mass is 10.7. The maximum absolute atomic E-state index is 4.95. The smallest absolute Gasteiger partial charge is 0.227 e. The molecule has 0 fully saturated rings. The van der Waals surface area contributed by atoms with E-state index in [9.17, 15) is 0 Å². The van der Waals surface area contributed by atoms with E-state index < -0.39 is 0 Å². The van der Waals surface area contributed by atoms with Crippen molar-refractivity contribution in [3.05, 3.63) is 12.5 Å². The van der Waals surface area contributed by atoms with E-state index in [1.165, 1.54) is 0 Å². The molecule has 1 aliphatic rings. The van der Waals surface area contributed by atoms with E-state index in [1.54, 1.807) is 6.26 Å². The zero-order valence-electron chi connectivity index (χ0n) is 4.72. The zero-order chi connectivity index (χ0) is 5.33. The summed E-state index contributed by atoms with van der Waals surface area (Å²) in [7, 11) is 4.17. The number of quaternary nitrogens is 1. The highest BCUT2D eigenvalue weighted by Gasteiger charge is 2.14. The van der Waals surface area contributed by atoms with Crippen LogP contribution in [0.15, 0.2) is 12.5 Å². The molecule has 0 aliphatic carbocycles. The van der Waals surface area contributed by atoms with Crippen LogP contribution in [0.5, 0.6) is 0 Å². The fourth-order valence-corrected chi connectivity index (χ4v) is 0.486. The summed E-state index contributed by atoms with van der Waals surface area (Å²) >= 11 is 0. The van der Waals surface area contributed by atoms with E-state index in [0.717, 1.165) is 11.2 Å². The van der Waals surface area contributed by atoms with Crippen LogP contribution in [-0.4, -0.2) is 25.3 Å². The third kappa shape index (κ3) is 0.933. The summed E-state index contributed by atoms with van der Waals surface area (Å²) in [6.45, 7) is 0.778. The van der Waals surface area contributed by atoms with Crippen molar-refractivity contribution in [1.29, 1.82) is 0 Å². The summed E-state index contributed by atoms with van der Waals surface area (Å²) in [6, 6.07) is 0. The molecule has 0 radical (unpaired) electrons. The minimum atomic E-state index is 0.778. The Morgan fingerprint density at radius 2 is 2.29 bits per heavy atom. The second-order valence-electron chi connectivity index (χ2n) is 2.36. The molecule has 1 heterocycles. The normalized spacial score (nSPS) is 24.9. The first-order chi connectivity index (χ1) is 3.21. The maximum atomic E-state index is 4.95. The number of rotatable bonds is 0. The monoisotopic (exact) mass is 100 g/mol. The van der Waals surface area contributed by atoms with Crippen LogP contribution in [0.1, 0.15) is 0 Å². The molecule has 7 heavy (non-hydrogen) atoms. The van der Waals surface area contributed by atoms with Crippen molar-refractivity contribution in [2.45, 2.75) is 0 Å². The first-order valence-electron chi connectivity index (χ1n) is 2.33. The van der Waals surface area contributed by atoms with Crippen LogP contribution < -0.4 is 0 Å². The minimum Gasteiger partial charge on any atom is -0.447 e. The van der Waals surface area contributed by atoms with Crippen LogP contribution in [0.2, 0.25) is 0 Å². The average molecular weight is 100 g/mol. The highest BCUT2D eigenvalue weighted by atomic mass is 16.5. The lowest BCUT2D eigenvalue weighted by molar-refractivity contribution is -0.848. The van der Waals surface area contributed by atoms with Gasteiger partial charge in [-0.1, -0.05) is 0 Å². The van der Waals surface area contributed by atoms with Gasteiger partial charge < -0.3 is 4.74 Å². The molecule has 2 heteroatoms. The molecule has 1 aliphatic heterocycles. The predicted octanol–water partition coefficient (Wildman–Crippen LogP) is 0.522. The Morgan fingerprint density at radius 1 is 1.57 bits per heavy atom. The van der Waals surface area contributed by atoms with Gasteiger partial charge in [0.1, 0.15) is 12.5 Å². The van der Waals surface area contributed by atoms with Gasteiger partial charge in [0.15, 0.2) is 0 Å². The van der Waals surface area contributed by atoms with Gasteiger partial charge in [0.05, 0.1) is 14.1 Å². The Labute approximate surface area is 43.6 Å². The second-order valence-corrected chi connectivity index (χ2v) is 2.36. The number of hydrogen-bond acceptors (Lipinski definition) is 1. The Bertz CT molecular complexity index is 96.3. The molecule has 0 aromatic rings. The molecule has 0 saturated heterocycles. The summed E-state index contributed by atoms with van der Waals surface area (Å²) < 4.78 is 5.80. The topological polar surface area (TPSA) is 9.23 Å². The Hall–Kier alpha value is -0.500. The van der Waals surface area contributed by atoms with E-state index in [1.807, 2.05) is 6.20 Å². The van der Waals surface area contributed by atoms with Crippen molar-refractivity contribution in [3.8, 4) is 0 Å². The Balaban J connectivity index is 2.57. The standard InChI is InChI=1S/C5H10NO/c1-6(2)3-4-7-5-6/h3-4H,5H2,1-2H3/q+1. The van der Waals surface area contributed by atoms with E-state index in [2.05, 4.69) is 14.1 Å². The van der Waals surface area contributed by atoms with Crippen LogP contribution in [0.25, 0.3) is 0 Å². The molecule has 40 valence electrons. The highest BCUT2D eigenvalue weighted by molar-refractivity contribution is 4.64. The van der Waals surface area contributed by atoms with Gasteiger partial charge in [0.25, 0.3) is 0 Å². The summed E-state index contributed by atoms with van der Waals surface area (Å²) in [6.07, 6.45) is 3.75. The van der Waals surface area contributed by atoms with Gasteiger partial charge in [-0.3, -0.25) is 4.48 Å². The largest absolute Gasteiger partial charge is 0.447 e. The van der Waals surface area contributed by atoms with Crippen molar-refractivity contribution in [1.82, 2.24) is 0 Å². The van der Waals surface area contributed by atoms with E-state index >= 15 is 0 Å². The van der Waals surface area contributed by atoms with Crippen LogP contribution in [0, 0.1) is 0 Å². The number of hydrogen-bond donors (Lipinski definition) is 0. The third-order valence-corrected chi connectivity index (χ3v) is 0.968. The molecule has 0 spiro atoms. The number of nitrogens with zero attached hydrogens (tertiary/aromatic N) is 1. The fourth-order valence-electron chi connectivity index (χ4n) is 0.486. The van der Waals surface area contributed by atoms with Gasteiger partial charge in [-0.15, -0.1) is 0 Å². The Kier molecular flexibility index (Phi) is 0.820. The van der Waals surface area contributed by atoms with Gasteiger partial charge in [0, 0.05) is 0 Å². The van der Waals surface area contributed by atoms with Crippen molar-refractivity contribution in [2.24, 2.45) is 0 Å². The van der Waals surface area contributed by atoms with Crippen LogP contribution in [-0.2, 0) is 4.74 Å². The van der Waals surface area contributed by atoms with Crippen LogP contribution in [0.3, 0.4) is 0 Å². The predicted molar refractivity (Wildman–Crippen MR) is 27.2 cm³/mol. The summed E-state index contributed by atoms with van der Waals surface area (Å²) in [5.41, 5.74) is 0. The molecule has 0 unspecified atom stereocenters. The molecular formula is C5H10NO+. The first kappa shape index (κ1) is 4.65. The van der Waals surface area contributed by atoms with Crippen molar-refractivity contribution < 1.29 is 9.22 Å². The average Bonchev–Trinajstić information content (AvgIpc) is 1.84. The van der Waals surface area contributed by atoms with Gasteiger partial charge in [0.2, 0.25) is 6.73 Å². The summed E-state index contributed by atoms with van der Waals surface area (Å²) in [5.74, 6) is 0. The van der Waals surface area contributed by atoms with Crippen molar-refractivity contribution >= 4 is 0 Å².